The number of para-hydroxylation sites is 2. The van der Waals surface area contributed by atoms with E-state index in [9.17, 15) is 5.26 Å². The summed E-state index contributed by atoms with van der Waals surface area (Å²) in [6.45, 7) is 15.9. The van der Waals surface area contributed by atoms with Crippen molar-refractivity contribution >= 4 is 111 Å². The predicted octanol–water partition coefficient (Wildman–Crippen LogP) is 17.1. The van der Waals surface area contributed by atoms with Crippen LogP contribution in [0.15, 0.2) is 177 Å². The molecule has 3 heterocycles. The van der Waals surface area contributed by atoms with E-state index in [1.165, 1.54) is 0 Å². The second kappa shape index (κ2) is 15.5. The normalized spacial score (nSPS) is 12.0. The van der Waals surface area contributed by atoms with Crippen molar-refractivity contribution in [2.24, 2.45) is 0 Å². The largest absolute Gasteiger partial charge is 0.456 e. The zero-order chi connectivity index (χ0) is 44.3. The van der Waals surface area contributed by atoms with Crippen molar-refractivity contribution in [2.45, 2.75) is 27.7 Å². The lowest BCUT2D eigenvalue weighted by Gasteiger charge is -2.28. The van der Waals surface area contributed by atoms with E-state index < -0.39 is 0 Å². The molecule has 0 atom stereocenters. The molecule has 7 heteroatoms. The Labute approximate surface area is 375 Å². The van der Waals surface area contributed by atoms with Gasteiger partial charge in [-0.25, -0.2) is 4.85 Å². The number of nitriles is 1. The summed E-state index contributed by atoms with van der Waals surface area (Å²) in [4.78, 5) is 8.14. The monoisotopic (exact) mass is 840 g/mol. The van der Waals surface area contributed by atoms with E-state index in [4.69, 9.17) is 19.8 Å². The van der Waals surface area contributed by atoms with E-state index in [-0.39, 0.29) is 0 Å². The highest BCUT2D eigenvalue weighted by molar-refractivity contribution is 6.30. The molecule has 0 bridgehead atoms. The van der Waals surface area contributed by atoms with Crippen LogP contribution in [0.4, 0.5) is 34.1 Å². The van der Waals surface area contributed by atoms with Crippen LogP contribution in [-0.2, 0) is 0 Å². The highest BCUT2D eigenvalue weighted by atomic mass is 16.3. The lowest BCUT2D eigenvalue weighted by atomic mass is 9.96. The number of furan rings is 3. The number of hydrogen-bond acceptors (Lipinski definition) is 6. The minimum absolute atomic E-state index is 0.558. The first-order valence-electron chi connectivity index (χ1n) is 21.6. The first-order valence-corrected chi connectivity index (χ1v) is 21.6. The average molecular weight is 841 g/mol. The first-order chi connectivity index (χ1) is 31.9. The Morgan fingerprint density at radius 2 is 1.18 bits per heavy atom. The van der Waals surface area contributed by atoms with Crippen molar-refractivity contribution in [3.05, 3.63) is 203 Å². The van der Waals surface area contributed by atoms with E-state index >= 15 is 0 Å². The molecule has 0 aliphatic rings. The summed E-state index contributed by atoms with van der Waals surface area (Å²) in [6.07, 6.45) is 6.08. The smallest absolute Gasteiger partial charge is 0.187 e. The third kappa shape index (κ3) is 6.17. The Morgan fingerprint density at radius 1 is 0.585 bits per heavy atom. The van der Waals surface area contributed by atoms with Crippen molar-refractivity contribution in [1.29, 1.82) is 5.26 Å². The maximum Gasteiger partial charge on any atom is 0.187 e. The standard InChI is InChI=1S/C58H40N4O3/c1-6-15-51-35(3)36(4)57(64-51)47(7-2)61(39-28-24-37(34-59)25-29-39)49-32-53-55(44-19-10-8-16-41(44)49)56-45-20-11-9-17-42(45)50(33-54(56)63-53)62(40-30-26-38(60-5)27-31-40)48-22-14-21-46-43-18-12-13-23-52(43)65-58(46)48/h6-33H,1-4H3/b15-6-,47-7+. The Bertz CT molecular complexity index is 3850. The summed E-state index contributed by atoms with van der Waals surface area (Å²) < 4.78 is 20.5. The lowest BCUT2D eigenvalue weighted by molar-refractivity contribution is 0.538. The molecule has 0 amide bonds. The molecule has 0 aliphatic carbocycles. The van der Waals surface area contributed by atoms with Gasteiger partial charge < -0.3 is 23.1 Å². The van der Waals surface area contributed by atoms with Gasteiger partial charge in [0.15, 0.2) is 17.0 Å². The number of fused-ring (bicyclic) bond motifs is 10. The third-order valence-corrected chi connectivity index (χ3v) is 12.6. The highest BCUT2D eigenvalue weighted by Crippen LogP contribution is 2.51. The number of allylic oxidation sites excluding steroid dienone is 2. The Morgan fingerprint density at radius 3 is 1.83 bits per heavy atom. The maximum atomic E-state index is 9.80. The summed E-state index contributed by atoms with van der Waals surface area (Å²) >= 11 is 0. The van der Waals surface area contributed by atoms with Crippen molar-refractivity contribution in [3.63, 3.8) is 0 Å². The predicted molar refractivity (Wildman–Crippen MR) is 267 cm³/mol. The van der Waals surface area contributed by atoms with Gasteiger partial charge in [0.2, 0.25) is 0 Å². The fourth-order valence-corrected chi connectivity index (χ4v) is 9.45. The van der Waals surface area contributed by atoms with Crippen LogP contribution in [0.5, 0.6) is 0 Å². The number of anilines is 5. The summed E-state index contributed by atoms with van der Waals surface area (Å²) in [5.41, 5.74) is 11.5. The molecule has 0 fully saturated rings. The van der Waals surface area contributed by atoms with E-state index in [2.05, 4.69) is 126 Å². The molecule has 0 radical (unpaired) electrons. The van der Waals surface area contributed by atoms with Crippen LogP contribution >= 0.6 is 0 Å². The van der Waals surface area contributed by atoms with E-state index in [1.54, 1.807) is 0 Å². The van der Waals surface area contributed by atoms with Gasteiger partial charge in [0.05, 0.1) is 41.0 Å². The Kier molecular flexibility index (Phi) is 9.34. The van der Waals surface area contributed by atoms with Gasteiger partial charge in [-0.2, -0.15) is 5.26 Å². The van der Waals surface area contributed by atoms with Crippen LogP contribution in [0, 0.1) is 31.8 Å². The summed E-state index contributed by atoms with van der Waals surface area (Å²) in [5, 5.41) is 18.0. The first kappa shape index (κ1) is 39.1. The Hall–Kier alpha value is -8.78. The fourth-order valence-electron chi connectivity index (χ4n) is 9.45. The molecule has 0 saturated heterocycles. The van der Waals surface area contributed by atoms with Crippen molar-refractivity contribution in [1.82, 2.24) is 0 Å². The summed E-state index contributed by atoms with van der Waals surface area (Å²) in [5.74, 6) is 1.57. The zero-order valence-electron chi connectivity index (χ0n) is 36.2. The number of benzene rings is 8. The molecule has 7 nitrogen and oxygen atoms in total. The van der Waals surface area contributed by atoms with E-state index in [0.29, 0.717) is 11.3 Å². The molecule has 0 saturated carbocycles. The van der Waals surface area contributed by atoms with Crippen molar-refractivity contribution in [3.8, 4) is 6.07 Å². The van der Waals surface area contributed by atoms with Gasteiger partial charge in [0.25, 0.3) is 0 Å². The van der Waals surface area contributed by atoms with Gasteiger partial charge in [-0.1, -0.05) is 103 Å². The van der Waals surface area contributed by atoms with Gasteiger partial charge in [-0.3, -0.25) is 0 Å². The highest BCUT2D eigenvalue weighted by Gasteiger charge is 2.28. The minimum Gasteiger partial charge on any atom is -0.456 e. The Balaban J connectivity index is 1.20. The molecule has 65 heavy (non-hydrogen) atoms. The molecular weight excluding hydrogens is 801 g/mol. The van der Waals surface area contributed by atoms with Gasteiger partial charge in [-0.15, -0.1) is 0 Å². The summed E-state index contributed by atoms with van der Waals surface area (Å²) in [7, 11) is 0. The molecule has 8 aromatic carbocycles. The van der Waals surface area contributed by atoms with E-state index in [0.717, 1.165) is 122 Å². The minimum atomic E-state index is 0.558. The number of rotatable bonds is 8. The summed E-state index contributed by atoms with van der Waals surface area (Å²) in [6, 6.07) is 53.3. The van der Waals surface area contributed by atoms with Crippen LogP contribution in [0.2, 0.25) is 0 Å². The fraction of sp³-hybridized carbons (Fsp3) is 0.0690. The second-order valence-electron chi connectivity index (χ2n) is 16.2. The molecule has 3 aromatic heterocycles. The van der Waals surface area contributed by atoms with Crippen molar-refractivity contribution < 1.29 is 13.3 Å². The molecule has 310 valence electrons. The topological polar surface area (TPSA) is 74.1 Å². The van der Waals surface area contributed by atoms with Crippen LogP contribution in [-0.4, -0.2) is 0 Å². The molecule has 0 spiro atoms. The van der Waals surface area contributed by atoms with Crippen LogP contribution in [0.3, 0.4) is 0 Å². The van der Waals surface area contributed by atoms with E-state index in [1.807, 2.05) is 92.7 Å². The van der Waals surface area contributed by atoms with Crippen LogP contribution in [0.25, 0.3) is 82.0 Å². The van der Waals surface area contributed by atoms with Gasteiger partial charge >= 0.3 is 0 Å². The number of hydrogen-bond donors (Lipinski definition) is 0. The molecule has 11 rings (SSSR count). The lowest BCUT2D eigenvalue weighted by Crippen LogP contribution is -2.16. The van der Waals surface area contributed by atoms with Crippen LogP contribution < -0.4 is 9.80 Å². The third-order valence-electron chi connectivity index (χ3n) is 12.6. The molecule has 11 aromatic rings. The molecular formula is C58H40N4O3. The van der Waals surface area contributed by atoms with Gasteiger partial charge in [0, 0.05) is 61.4 Å². The van der Waals surface area contributed by atoms with Gasteiger partial charge in [0.1, 0.15) is 22.5 Å². The average Bonchev–Trinajstić information content (AvgIpc) is 4.02. The zero-order valence-corrected chi connectivity index (χ0v) is 36.2. The van der Waals surface area contributed by atoms with Gasteiger partial charge in [-0.05, 0) is 98.6 Å². The quantitative estimate of drug-likeness (QED) is 0.142. The maximum absolute atomic E-state index is 9.80. The van der Waals surface area contributed by atoms with Crippen LogP contribution in [0.1, 0.15) is 42.1 Å². The molecule has 0 unspecified atom stereocenters. The molecule has 0 aliphatic heterocycles. The SMILES string of the molecule is [C-]#[N+]c1ccc(N(c2cc3oc4cc(N(/C(=C/C)c5oc(/C=C\C)c(C)c5C)c5ccc(C#N)cc5)c5ccccc5c4c3c3ccccc23)c2cccc3c2oc2ccccc23)cc1. The van der Waals surface area contributed by atoms with Crippen molar-refractivity contribution in [2.75, 3.05) is 9.80 Å². The molecule has 0 N–H and O–H groups in total. The number of nitrogens with zero attached hydrogens (tertiary/aromatic N) is 4. The second-order valence-corrected chi connectivity index (χ2v) is 16.2.